The number of halogens is 1. The second kappa shape index (κ2) is 9.74. The van der Waals surface area contributed by atoms with E-state index in [-0.39, 0.29) is 18.2 Å². The molecular formula is C24H17ClN2O4S2. The highest BCUT2D eigenvalue weighted by Crippen LogP contribution is 2.39. The molecule has 9 heteroatoms. The molecule has 0 atom stereocenters. The van der Waals surface area contributed by atoms with Crippen LogP contribution in [0.15, 0.2) is 71.6 Å². The van der Waals surface area contributed by atoms with E-state index in [4.69, 9.17) is 28.6 Å². The molecule has 4 rings (SSSR count). The van der Waals surface area contributed by atoms with Crippen LogP contribution in [0, 0.1) is 17.0 Å². The second-order valence-electron chi connectivity index (χ2n) is 7.16. The van der Waals surface area contributed by atoms with Crippen molar-refractivity contribution in [2.45, 2.75) is 13.5 Å². The van der Waals surface area contributed by atoms with Crippen molar-refractivity contribution in [2.75, 3.05) is 4.90 Å². The third kappa shape index (κ3) is 4.93. The maximum absolute atomic E-state index is 13.2. The fourth-order valence-electron chi connectivity index (χ4n) is 3.30. The maximum Gasteiger partial charge on any atom is 0.270 e. The Morgan fingerprint density at radius 2 is 1.88 bits per heavy atom. The number of non-ortho nitro benzene ring substituents is 1. The molecule has 33 heavy (non-hydrogen) atoms. The van der Waals surface area contributed by atoms with Gasteiger partial charge in [0.25, 0.3) is 11.6 Å². The number of hydrogen-bond acceptors (Lipinski definition) is 6. The van der Waals surface area contributed by atoms with Crippen LogP contribution in [0.1, 0.15) is 16.7 Å². The molecule has 3 aromatic carbocycles. The minimum Gasteiger partial charge on any atom is -0.488 e. The second-order valence-corrected chi connectivity index (χ2v) is 9.25. The lowest BCUT2D eigenvalue weighted by Gasteiger charge is -2.16. The third-order valence-electron chi connectivity index (χ3n) is 4.98. The molecule has 1 amide bonds. The first-order chi connectivity index (χ1) is 15.8. The fraction of sp³-hybridized carbons (Fsp3) is 0.0833. The first kappa shape index (κ1) is 23.0. The van der Waals surface area contributed by atoms with Crippen molar-refractivity contribution >= 4 is 63.3 Å². The zero-order valence-corrected chi connectivity index (χ0v) is 19.7. The van der Waals surface area contributed by atoms with Crippen LogP contribution in [0.4, 0.5) is 11.4 Å². The lowest BCUT2D eigenvalue weighted by Crippen LogP contribution is -2.28. The van der Waals surface area contributed by atoms with Crippen LogP contribution >= 0.6 is 35.6 Å². The number of thiocarbonyl (C=S) groups is 1. The summed E-state index contributed by atoms with van der Waals surface area (Å²) >= 11 is 12.8. The Kier molecular flexibility index (Phi) is 6.78. The van der Waals surface area contributed by atoms with E-state index in [9.17, 15) is 14.9 Å². The molecule has 3 aromatic rings. The van der Waals surface area contributed by atoms with Gasteiger partial charge in [-0.05, 0) is 36.8 Å². The Hall–Kier alpha value is -3.20. The van der Waals surface area contributed by atoms with Crippen molar-refractivity contribution in [3.63, 3.8) is 0 Å². The SMILES string of the molecule is Cc1ccccc1N1C(=O)C(=Cc2cc([N+](=O)[O-])ccc2OCc2ccccc2Cl)SC1=S. The summed E-state index contributed by atoms with van der Waals surface area (Å²) in [6.45, 7) is 2.07. The Bertz CT molecular complexity index is 1310. The molecule has 1 saturated heterocycles. The highest BCUT2D eigenvalue weighted by molar-refractivity contribution is 8.27. The van der Waals surface area contributed by atoms with Crippen molar-refractivity contribution in [2.24, 2.45) is 0 Å². The summed E-state index contributed by atoms with van der Waals surface area (Å²) in [6.07, 6.45) is 1.58. The molecule has 0 N–H and O–H groups in total. The average molecular weight is 497 g/mol. The molecule has 0 spiro atoms. The average Bonchev–Trinajstić information content (AvgIpc) is 3.07. The molecule has 0 aliphatic carbocycles. The largest absolute Gasteiger partial charge is 0.488 e. The van der Waals surface area contributed by atoms with Gasteiger partial charge in [0.2, 0.25) is 0 Å². The van der Waals surface area contributed by atoms with Crippen LogP contribution in [0.2, 0.25) is 5.02 Å². The van der Waals surface area contributed by atoms with E-state index in [0.717, 1.165) is 22.9 Å². The summed E-state index contributed by atoms with van der Waals surface area (Å²) in [4.78, 5) is 25.9. The number of nitro groups is 1. The minimum atomic E-state index is -0.492. The van der Waals surface area contributed by atoms with Crippen LogP contribution in [0.5, 0.6) is 5.75 Å². The number of nitrogens with zero attached hydrogens (tertiary/aromatic N) is 2. The molecule has 0 saturated carbocycles. The number of aryl methyl sites for hydroxylation is 1. The number of anilines is 1. The predicted molar refractivity (Wildman–Crippen MR) is 136 cm³/mol. The summed E-state index contributed by atoms with van der Waals surface area (Å²) in [6, 6.07) is 19.0. The molecule has 6 nitrogen and oxygen atoms in total. The number of amides is 1. The van der Waals surface area contributed by atoms with E-state index in [1.165, 1.54) is 23.1 Å². The number of benzene rings is 3. The van der Waals surface area contributed by atoms with Gasteiger partial charge in [0.1, 0.15) is 12.4 Å². The summed E-state index contributed by atoms with van der Waals surface area (Å²) in [7, 11) is 0. The van der Waals surface area contributed by atoms with Crippen molar-refractivity contribution in [3.8, 4) is 5.75 Å². The van der Waals surface area contributed by atoms with E-state index in [1.54, 1.807) is 12.1 Å². The molecule has 166 valence electrons. The molecule has 0 radical (unpaired) electrons. The number of nitro benzene ring substituents is 1. The van der Waals surface area contributed by atoms with Gasteiger partial charge < -0.3 is 4.74 Å². The number of para-hydroxylation sites is 1. The summed E-state index contributed by atoms with van der Waals surface area (Å²) < 4.78 is 6.32. The van der Waals surface area contributed by atoms with E-state index < -0.39 is 4.92 Å². The van der Waals surface area contributed by atoms with Crippen molar-refractivity contribution in [1.82, 2.24) is 0 Å². The van der Waals surface area contributed by atoms with Gasteiger partial charge in [-0.2, -0.15) is 0 Å². The zero-order chi connectivity index (χ0) is 23.5. The van der Waals surface area contributed by atoms with Gasteiger partial charge in [0, 0.05) is 28.3 Å². The van der Waals surface area contributed by atoms with Crippen LogP contribution in [0.3, 0.4) is 0 Å². The third-order valence-corrected chi connectivity index (χ3v) is 6.65. The topological polar surface area (TPSA) is 72.7 Å². The Morgan fingerprint density at radius 1 is 1.15 bits per heavy atom. The highest BCUT2D eigenvalue weighted by atomic mass is 35.5. The zero-order valence-electron chi connectivity index (χ0n) is 17.4. The van der Waals surface area contributed by atoms with Crippen molar-refractivity contribution in [3.05, 3.63) is 103 Å². The van der Waals surface area contributed by atoms with Crippen LogP contribution in [-0.2, 0) is 11.4 Å². The standard InChI is InChI=1S/C24H17ClN2O4S2/c1-15-6-2-5-9-20(15)26-23(28)22(33-24(26)32)13-17-12-18(27(29)30)10-11-21(17)31-14-16-7-3-4-8-19(16)25/h2-13H,14H2,1H3. The lowest BCUT2D eigenvalue weighted by molar-refractivity contribution is -0.384. The van der Waals surface area contributed by atoms with E-state index in [2.05, 4.69) is 0 Å². The lowest BCUT2D eigenvalue weighted by atomic mass is 10.1. The Balaban J connectivity index is 1.68. The molecule has 0 bridgehead atoms. The molecule has 0 unspecified atom stereocenters. The fourth-order valence-corrected chi connectivity index (χ4v) is 4.76. The monoisotopic (exact) mass is 496 g/mol. The number of thioether (sulfide) groups is 1. The first-order valence-corrected chi connectivity index (χ1v) is 11.4. The Labute approximate surface area is 205 Å². The summed E-state index contributed by atoms with van der Waals surface area (Å²) in [5, 5.41) is 11.9. The van der Waals surface area contributed by atoms with Gasteiger partial charge in [-0.25, -0.2) is 0 Å². The van der Waals surface area contributed by atoms with E-state index in [1.807, 2.05) is 49.4 Å². The van der Waals surface area contributed by atoms with Gasteiger partial charge in [0.15, 0.2) is 4.32 Å². The van der Waals surface area contributed by atoms with Gasteiger partial charge in [0.05, 0.1) is 15.5 Å². The number of ether oxygens (including phenoxy) is 1. The number of rotatable bonds is 6. The quantitative estimate of drug-likeness (QED) is 0.167. The molecule has 1 aliphatic rings. The van der Waals surface area contributed by atoms with E-state index >= 15 is 0 Å². The summed E-state index contributed by atoms with van der Waals surface area (Å²) in [5.41, 5.74) is 2.68. The molecule has 1 heterocycles. The normalized spacial score (nSPS) is 14.7. The molecule has 0 aromatic heterocycles. The Morgan fingerprint density at radius 3 is 2.61 bits per heavy atom. The van der Waals surface area contributed by atoms with E-state index in [0.29, 0.717) is 31.2 Å². The van der Waals surface area contributed by atoms with Gasteiger partial charge in [-0.1, -0.05) is 72.0 Å². The maximum atomic E-state index is 13.2. The number of carbonyl (C=O) groups excluding carboxylic acids is 1. The van der Waals surface area contributed by atoms with Crippen molar-refractivity contribution in [1.29, 1.82) is 0 Å². The smallest absolute Gasteiger partial charge is 0.270 e. The molecular weight excluding hydrogens is 480 g/mol. The minimum absolute atomic E-state index is 0.110. The van der Waals surface area contributed by atoms with Crippen LogP contribution < -0.4 is 9.64 Å². The van der Waals surface area contributed by atoms with Gasteiger partial charge in [-0.3, -0.25) is 19.8 Å². The van der Waals surface area contributed by atoms with Crippen LogP contribution in [0.25, 0.3) is 6.08 Å². The van der Waals surface area contributed by atoms with Crippen LogP contribution in [-0.4, -0.2) is 15.2 Å². The summed E-state index contributed by atoms with van der Waals surface area (Å²) in [5.74, 6) is 0.101. The predicted octanol–water partition coefficient (Wildman–Crippen LogP) is 6.54. The molecule has 1 aliphatic heterocycles. The van der Waals surface area contributed by atoms with Gasteiger partial charge in [-0.15, -0.1) is 0 Å². The number of hydrogen-bond donors (Lipinski definition) is 0. The first-order valence-electron chi connectivity index (χ1n) is 9.83. The van der Waals surface area contributed by atoms with Crippen molar-refractivity contribution < 1.29 is 14.5 Å². The number of carbonyl (C=O) groups is 1. The molecule has 1 fully saturated rings. The highest BCUT2D eigenvalue weighted by Gasteiger charge is 2.34. The van der Waals surface area contributed by atoms with Gasteiger partial charge >= 0.3 is 0 Å².